The van der Waals surface area contributed by atoms with E-state index in [2.05, 4.69) is 24.1 Å². The van der Waals surface area contributed by atoms with Crippen LogP contribution < -0.4 is 5.32 Å². The van der Waals surface area contributed by atoms with Crippen LogP contribution in [-0.2, 0) is 6.54 Å². The van der Waals surface area contributed by atoms with Gasteiger partial charge in [0.15, 0.2) is 0 Å². The summed E-state index contributed by atoms with van der Waals surface area (Å²) in [6.07, 6.45) is 0.386. The highest BCUT2D eigenvalue weighted by Gasteiger charge is 2.10. The van der Waals surface area contributed by atoms with E-state index in [1.807, 2.05) is 0 Å². The third-order valence-corrected chi connectivity index (χ3v) is 3.04. The van der Waals surface area contributed by atoms with E-state index in [-0.39, 0.29) is 11.1 Å². The van der Waals surface area contributed by atoms with Gasteiger partial charge in [-0.05, 0) is 12.3 Å². The number of rotatable bonds is 7. The predicted molar refractivity (Wildman–Crippen MR) is 66.2 cm³/mol. The van der Waals surface area contributed by atoms with Gasteiger partial charge in [0.05, 0.1) is 11.8 Å². The van der Waals surface area contributed by atoms with Crippen molar-refractivity contribution in [2.75, 3.05) is 6.54 Å². The van der Waals surface area contributed by atoms with E-state index in [9.17, 15) is 9.90 Å². The minimum Gasteiger partial charge on any atom is -0.476 e. The Hall–Kier alpha value is -0.980. The number of hydrogen-bond acceptors (Lipinski definition) is 5. The van der Waals surface area contributed by atoms with Crippen LogP contribution in [0.2, 0.25) is 0 Å². The first-order valence-electron chi connectivity index (χ1n) is 5.55. The Morgan fingerprint density at radius 2 is 2.29 bits per heavy atom. The maximum atomic E-state index is 10.6. The van der Waals surface area contributed by atoms with Crippen LogP contribution in [0.1, 0.15) is 35.8 Å². The number of hydrogen-bond donors (Lipinski definition) is 3. The lowest BCUT2D eigenvalue weighted by Gasteiger charge is -2.13. The van der Waals surface area contributed by atoms with Crippen LogP contribution in [0.25, 0.3) is 0 Å². The zero-order valence-corrected chi connectivity index (χ0v) is 10.8. The molecule has 0 bridgehead atoms. The quantitative estimate of drug-likeness (QED) is 0.687. The summed E-state index contributed by atoms with van der Waals surface area (Å²) in [4.78, 5) is 14.5. The number of thiazole rings is 1. The average Bonchev–Trinajstić information content (AvgIpc) is 2.65. The minimum atomic E-state index is -0.999. The zero-order valence-electron chi connectivity index (χ0n) is 10.0. The van der Waals surface area contributed by atoms with E-state index in [0.29, 0.717) is 24.7 Å². The molecule has 1 atom stereocenters. The van der Waals surface area contributed by atoms with E-state index < -0.39 is 5.97 Å². The van der Waals surface area contributed by atoms with Crippen molar-refractivity contribution >= 4 is 17.3 Å². The number of aliphatic hydroxyl groups is 1. The Labute approximate surface area is 105 Å². The molecule has 0 saturated heterocycles. The van der Waals surface area contributed by atoms with Crippen molar-refractivity contribution in [1.82, 2.24) is 10.3 Å². The van der Waals surface area contributed by atoms with Crippen molar-refractivity contribution in [3.63, 3.8) is 0 Å². The van der Waals surface area contributed by atoms with Gasteiger partial charge in [0.25, 0.3) is 0 Å². The molecule has 0 saturated carbocycles. The molecule has 1 aromatic heterocycles. The SMILES string of the molecule is CC(C)CC(O)CNCc1csc(C(=O)O)n1. The lowest BCUT2D eigenvalue weighted by molar-refractivity contribution is 0.0696. The molecule has 0 fully saturated rings. The Balaban J connectivity index is 2.28. The summed E-state index contributed by atoms with van der Waals surface area (Å²) in [5, 5.41) is 23.2. The molecule has 96 valence electrons. The number of carboxylic acid groups (broad SMARTS) is 1. The van der Waals surface area contributed by atoms with Crippen LogP contribution >= 0.6 is 11.3 Å². The van der Waals surface area contributed by atoms with Crippen LogP contribution in [0.5, 0.6) is 0 Å². The molecule has 0 aromatic carbocycles. The van der Waals surface area contributed by atoms with Crippen molar-refractivity contribution < 1.29 is 15.0 Å². The lowest BCUT2D eigenvalue weighted by atomic mass is 10.1. The van der Waals surface area contributed by atoms with Gasteiger partial charge in [-0.25, -0.2) is 9.78 Å². The second-order valence-electron chi connectivity index (χ2n) is 4.36. The molecule has 0 spiro atoms. The first-order valence-corrected chi connectivity index (χ1v) is 6.43. The summed E-state index contributed by atoms with van der Waals surface area (Å²) in [5.41, 5.74) is 0.698. The first kappa shape index (κ1) is 14.1. The maximum Gasteiger partial charge on any atom is 0.365 e. The first-order chi connectivity index (χ1) is 7.99. The standard InChI is InChI=1S/C11H18N2O3S/c1-7(2)3-9(14)5-12-4-8-6-17-10(13-8)11(15)16/h6-7,9,12,14H,3-5H2,1-2H3,(H,15,16). The molecule has 1 rings (SSSR count). The molecule has 1 unspecified atom stereocenters. The van der Waals surface area contributed by atoms with Crippen molar-refractivity contribution in [3.05, 3.63) is 16.1 Å². The molecular formula is C11H18N2O3S. The second kappa shape index (κ2) is 6.68. The molecule has 0 aliphatic heterocycles. The highest BCUT2D eigenvalue weighted by atomic mass is 32.1. The molecule has 0 amide bonds. The lowest BCUT2D eigenvalue weighted by Crippen LogP contribution is -2.27. The number of nitrogens with one attached hydrogen (secondary N) is 1. The molecule has 0 aliphatic carbocycles. The predicted octanol–water partition coefficient (Wildman–Crippen LogP) is 1.34. The van der Waals surface area contributed by atoms with Gasteiger partial charge in [-0.3, -0.25) is 0 Å². The molecule has 0 aliphatic rings. The molecule has 3 N–H and O–H groups in total. The summed E-state index contributed by atoms with van der Waals surface area (Å²) in [7, 11) is 0. The van der Waals surface area contributed by atoms with Gasteiger partial charge in [0.2, 0.25) is 5.01 Å². The average molecular weight is 258 g/mol. The molecule has 17 heavy (non-hydrogen) atoms. The van der Waals surface area contributed by atoms with Crippen molar-refractivity contribution in [3.8, 4) is 0 Å². The Morgan fingerprint density at radius 1 is 1.59 bits per heavy atom. The fraction of sp³-hybridized carbons (Fsp3) is 0.636. The fourth-order valence-electron chi connectivity index (χ4n) is 1.48. The summed E-state index contributed by atoms with van der Waals surface area (Å²) < 4.78 is 0. The van der Waals surface area contributed by atoms with Gasteiger partial charge in [-0.2, -0.15) is 0 Å². The third kappa shape index (κ3) is 5.25. The van der Waals surface area contributed by atoms with E-state index in [0.717, 1.165) is 17.8 Å². The summed E-state index contributed by atoms with van der Waals surface area (Å²) in [5.74, 6) is -0.536. The number of carboxylic acids is 1. The van der Waals surface area contributed by atoms with Gasteiger partial charge < -0.3 is 15.5 Å². The Morgan fingerprint density at radius 3 is 2.82 bits per heavy atom. The van der Waals surface area contributed by atoms with Crippen LogP contribution in [0.4, 0.5) is 0 Å². The number of carbonyl (C=O) groups is 1. The van der Waals surface area contributed by atoms with Crippen molar-refractivity contribution in [2.24, 2.45) is 5.92 Å². The van der Waals surface area contributed by atoms with Crippen LogP contribution in [0, 0.1) is 5.92 Å². The van der Waals surface area contributed by atoms with Gasteiger partial charge in [0.1, 0.15) is 0 Å². The van der Waals surface area contributed by atoms with E-state index >= 15 is 0 Å². The van der Waals surface area contributed by atoms with E-state index in [4.69, 9.17) is 5.11 Å². The van der Waals surface area contributed by atoms with Gasteiger partial charge in [0, 0.05) is 18.5 Å². The summed E-state index contributed by atoms with van der Waals surface area (Å²) >= 11 is 1.11. The Bertz CT molecular complexity index is 365. The second-order valence-corrected chi connectivity index (χ2v) is 5.22. The largest absolute Gasteiger partial charge is 0.476 e. The van der Waals surface area contributed by atoms with Gasteiger partial charge in [-0.1, -0.05) is 13.8 Å². The molecule has 6 heteroatoms. The molecule has 1 aromatic rings. The molecule has 1 heterocycles. The van der Waals surface area contributed by atoms with Crippen LogP contribution in [0.15, 0.2) is 5.38 Å². The van der Waals surface area contributed by atoms with Crippen molar-refractivity contribution in [2.45, 2.75) is 32.9 Å². The van der Waals surface area contributed by atoms with Crippen LogP contribution in [0.3, 0.4) is 0 Å². The molecular weight excluding hydrogens is 240 g/mol. The Kier molecular flexibility index (Phi) is 5.54. The van der Waals surface area contributed by atoms with Crippen LogP contribution in [-0.4, -0.2) is 33.8 Å². The fourth-order valence-corrected chi connectivity index (χ4v) is 2.14. The van der Waals surface area contributed by atoms with E-state index in [1.165, 1.54) is 0 Å². The highest BCUT2D eigenvalue weighted by molar-refractivity contribution is 7.11. The summed E-state index contributed by atoms with van der Waals surface area (Å²) in [6, 6.07) is 0. The van der Waals surface area contributed by atoms with Gasteiger partial charge in [-0.15, -0.1) is 11.3 Å². The number of aliphatic hydroxyl groups excluding tert-OH is 1. The number of aromatic carboxylic acids is 1. The monoisotopic (exact) mass is 258 g/mol. The smallest absolute Gasteiger partial charge is 0.365 e. The normalized spacial score (nSPS) is 12.9. The molecule has 5 nitrogen and oxygen atoms in total. The maximum absolute atomic E-state index is 10.6. The minimum absolute atomic E-state index is 0.101. The van der Waals surface area contributed by atoms with E-state index in [1.54, 1.807) is 5.38 Å². The van der Waals surface area contributed by atoms with Gasteiger partial charge >= 0.3 is 5.97 Å². The number of aromatic nitrogens is 1. The topological polar surface area (TPSA) is 82.5 Å². The number of nitrogens with zero attached hydrogens (tertiary/aromatic N) is 1. The summed E-state index contributed by atoms with van der Waals surface area (Å²) in [6.45, 7) is 5.10. The third-order valence-electron chi connectivity index (χ3n) is 2.16. The highest BCUT2D eigenvalue weighted by Crippen LogP contribution is 2.09. The van der Waals surface area contributed by atoms with Crippen molar-refractivity contribution in [1.29, 1.82) is 0 Å². The zero-order chi connectivity index (χ0) is 12.8. The molecule has 0 radical (unpaired) electrons.